The molecular formula is C26H40BO8-. The molecule has 196 valence electrons. The molecule has 0 aliphatic carbocycles. The van der Waals surface area contributed by atoms with Gasteiger partial charge in [-0.15, -0.1) is 0 Å². The standard InChI is InChI=1S/C11H14O4.C11H16O3.C4H10BO/c1-14-9-5-8(3-4-11(12)13)6-10(7-9)15-2;1-13-10-6-9(4-3-5-12)7-11(8-10)14-2;5-4-2-1-3-6-4/h5-7H,3-4H2,1-2H3,(H,12,13);6-8,12H,3-5H2,1-2H3;4H,1-3H2,5H3/q;;-1. The van der Waals surface area contributed by atoms with Crippen molar-refractivity contribution >= 4 is 13.8 Å². The molecule has 1 unspecified atom stereocenters. The molecule has 0 bridgehead atoms. The van der Waals surface area contributed by atoms with Gasteiger partial charge in [0, 0.05) is 31.8 Å². The van der Waals surface area contributed by atoms with Gasteiger partial charge in [-0.1, -0.05) is 12.4 Å². The van der Waals surface area contributed by atoms with E-state index < -0.39 is 5.97 Å². The van der Waals surface area contributed by atoms with Gasteiger partial charge in [0.05, 0.1) is 28.4 Å². The average Bonchev–Trinajstić information content (AvgIpc) is 3.37. The van der Waals surface area contributed by atoms with E-state index in [2.05, 4.69) is 0 Å². The molecule has 2 aromatic carbocycles. The third kappa shape index (κ3) is 12.9. The SMILES string of the molecule is COc1cc(CCC(=O)O)cc(OC)c1.COc1cc(CCCO)cc(OC)c1.[BH3-]C1CCCO1. The highest BCUT2D eigenvalue weighted by atomic mass is 16.5. The zero-order valence-corrected chi connectivity index (χ0v) is 20.5. The molecule has 1 heterocycles. The first kappa shape index (κ1) is 30.1. The summed E-state index contributed by atoms with van der Waals surface area (Å²) >= 11 is 0. The topological polar surface area (TPSA) is 104 Å². The third-order valence-corrected chi connectivity index (χ3v) is 4.78. The number of hydrogen-bond acceptors (Lipinski definition) is 7. The van der Waals surface area contributed by atoms with Crippen LogP contribution >= 0.6 is 0 Å². The molecule has 1 aliphatic rings. The molecule has 8 nitrogen and oxygen atoms in total. The van der Waals surface area contributed by atoms with Crippen LogP contribution in [0.15, 0.2) is 36.4 Å². The van der Waals surface area contributed by atoms with Crippen LogP contribution in [0.1, 0.15) is 36.8 Å². The normalized spacial score (nSPS) is 14.1. The first-order chi connectivity index (χ1) is 16.8. The molecule has 1 fully saturated rings. The maximum atomic E-state index is 10.4. The molecule has 2 N–H and O–H groups in total. The molecule has 9 heteroatoms. The van der Waals surface area contributed by atoms with Gasteiger partial charge in [-0.25, -0.2) is 0 Å². The van der Waals surface area contributed by atoms with Crippen LogP contribution in [0, 0.1) is 0 Å². The lowest BCUT2D eigenvalue weighted by molar-refractivity contribution is -0.136. The molecule has 1 saturated heterocycles. The van der Waals surface area contributed by atoms with Crippen LogP contribution < -0.4 is 18.9 Å². The molecule has 2 aromatic rings. The molecule has 0 spiro atoms. The molecular weight excluding hydrogens is 451 g/mol. The predicted octanol–water partition coefficient (Wildman–Crippen LogP) is 2.84. The average molecular weight is 491 g/mol. The summed E-state index contributed by atoms with van der Waals surface area (Å²) in [6.07, 6.45) is 4.88. The molecule has 1 aliphatic heterocycles. The van der Waals surface area contributed by atoms with Crippen LogP contribution in [0.3, 0.4) is 0 Å². The van der Waals surface area contributed by atoms with E-state index in [9.17, 15) is 4.79 Å². The minimum atomic E-state index is -0.809. The van der Waals surface area contributed by atoms with Crippen molar-refractivity contribution in [2.75, 3.05) is 41.7 Å². The fraction of sp³-hybridized carbons (Fsp3) is 0.500. The lowest BCUT2D eigenvalue weighted by Gasteiger charge is -2.07. The van der Waals surface area contributed by atoms with Crippen LogP contribution in [-0.2, 0) is 22.4 Å². The number of carbonyl (C=O) groups is 1. The van der Waals surface area contributed by atoms with Gasteiger partial charge < -0.3 is 33.9 Å². The molecule has 0 aromatic heterocycles. The van der Waals surface area contributed by atoms with Crippen LogP contribution in [0.4, 0.5) is 0 Å². The number of aliphatic hydroxyl groups excluding tert-OH is 1. The van der Waals surface area contributed by atoms with Gasteiger partial charge in [-0.3, -0.25) is 4.79 Å². The van der Waals surface area contributed by atoms with Crippen LogP contribution in [-0.4, -0.2) is 71.7 Å². The number of aliphatic carboxylic acids is 1. The van der Waals surface area contributed by atoms with Crippen molar-refractivity contribution in [2.45, 2.75) is 44.5 Å². The Kier molecular flexibility index (Phi) is 15.1. The van der Waals surface area contributed by atoms with Crippen LogP contribution in [0.2, 0.25) is 0 Å². The Balaban J connectivity index is 0.000000284. The number of aryl methyl sites for hydroxylation is 2. The summed E-state index contributed by atoms with van der Waals surface area (Å²) in [6.45, 7) is 1.26. The summed E-state index contributed by atoms with van der Waals surface area (Å²) in [5.41, 5.74) is 2.02. The minimum Gasteiger partial charge on any atom is -0.497 e. The fourth-order valence-corrected chi connectivity index (χ4v) is 2.97. The van der Waals surface area contributed by atoms with Gasteiger partial charge in [0.15, 0.2) is 0 Å². The highest BCUT2D eigenvalue weighted by molar-refractivity contribution is 6.11. The molecule has 0 saturated carbocycles. The Morgan fingerprint density at radius 2 is 1.34 bits per heavy atom. The Morgan fingerprint density at radius 1 is 0.886 bits per heavy atom. The zero-order chi connectivity index (χ0) is 26.1. The van der Waals surface area contributed by atoms with Crippen molar-refractivity contribution in [1.29, 1.82) is 0 Å². The van der Waals surface area contributed by atoms with Crippen molar-refractivity contribution < 1.29 is 38.7 Å². The Bertz CT molecular complexity index is 824. The van der Waals surface area contributed by atoms with Crippen molar-refractivity contribution in [2.24, 2.45) is 0 Å². The molecule has 3 rings (SSSR count). The first-order valence-corrected chi connectivity index (χ1v) is 11.2. The van der Waals surface area contributed by atoms with Gasteiger partial charge >= 0.3 is 5.97 Å². The second-order valence-electron chi connectivity index (χ2n) is 7.34. The van der Waals surface area contributed by atoms with Crippen molar-refractivity contribution in [3.05, 3.63) is 47.5 Å². The Hall–Kier alpha value is -2.91. The number of rotatable bonds is 10. The largest absolute Gasteiger partial charge is 0.497 e. The first-order valence-electron chi connectivity index (χ1n) is 11.2. The number of methoxy groups -OCH3 is 4. The predicted molar refractivity (Wildman–Crippen MR) is 139 cm³/mol. The van der Waals surface area contributed by atoms with E-state index in [1.165, 1.54) is 12.8 Å². The smallest absolute Gasteiger partial charge is 0.303 e. The van der Waals surface area contributed by atoms with E-state index in [1.54, 1.807) is 34.5 Å². The second kappa shape index (κ2) is 17.5. The van der Waals surface area contributed by atoms with Gasteiger partial charge in [0.1, 0.15) is 23.0 Å². The van der Waals surface area contributed by atoms with Crippen molar-refractivity contribution in [1.82, 2.24) is 0 Å². The van der Waals surface area contributed by atoms with E-state index >= 15 is 0 Å². The lowest BCUT2D eigenvalue weighted by Crippen LogP contribution is -2.01. The summed E-state index contributed by atoms with van der Waals surface area (Å²) in [5.74, 6) is 2.12. The summed E-state index contributed by atoms with van der Waals surface area (Å²) in [5, 5.41) is 17.3. The highest BCUT2D eigenvalue weighted by Gasteiger charge is 2.04. The van der Waals surface area contributed by atoms with E-state index in [1.807, 2.05) is 30.3 Å². The zero-order valence-electron chi connectivity index (χ0n) is 20.5. The summed E-state index contributed by atoms with van der Waals surface area (Å²) < 4.78 is 25.7. The van der Waals surface area contributed by atoms with Gasteiger partial charge in [0.25, 0.3) is 0 Å². The summed E-state index contributed by atoms with van der Waals surface area (Å²) in [4.78, 5) is 10.4. The Morgan fingerprint density at radius 3 is 1.63 bits per heavy atom. The highest BCUT2D eigenvalue weighted by Crippen LogP contribution is 2.24. The van der Waals surface area contributed by atoms with Crippen molar-refractivity contribution in [3.8, 4) is 23.0 Å². The number of aliphatic hydroxyl groups is 1. The fourth-order valence-electron chi connectivity index (χ4n) is 2.97. The Labute approximate surface area is 209 Å². The van der Waals surface area contributed by atoms with Crippen LogP contribution in [0.5, 0.6) is 23.0 Å². The lowest BCUT2D eigenvalue weighted by atomic mass is 9.98. The number of hydrogen-bond donors (Lipinski definition) is 2. The van der Waals surface area contributed by atoms with Gasteiger partial charge in [-0.05, 0) is 68.9 Å². The number of carboxylic acid groups (broad SMARTS) is 1. The minimum absolute atomic E-state index is 0.107. The molecule has 0 amide bonds. The molecule has 35 heavy (non-hydrogen) atoms. The monoisotopic (exact) mass is 491 g/mol. The molecule has 1 atom stereocenters. The summed E-state index contributed by atoms with van der Waals surface area (Å²) in [7, 11) is 6.91. The van der Waals surface area contributed by atoms with E-state index in [4.69, 9.17) is 33.9 Å². The number of carboxylic acids is 1. The van der Waals surface area contributed by atoms with Gasteiger partial charge in [-0.2, -0.15) is 0 Å². The van der Waals surface area contributed by atoms with Crippen molar-refractivity contribution in [3.63, 3.8) is 0 Å². The quantitative estimate of drug-likeness (QED) is 0.489. The van der Waals surface area contributed by atoms with Gasteiger partial charge in [0.2, 0.25) is 0 Å². The molecule has 0 radical (unpaired) electrons. The van der Waals surface area contributed by atoms with Crippen LogP contribution in [0.25, 0.3) is 0 Å². The van der Waals surface area contributed by atoms with E-state index in [0.29, 0.717) is 25.8 Å². The second-order valence-corrected chi connectivity index (χ2v) is 7.34. The number of ether oxygens (including phenoxy) is 5. The van der Waals surface area contributed by atoms with E-state index in [-0.39, 0.29) is 13.0 Å². The number of benzene rings is 2. The summed E-state index contributed by atoms with van der Waals surface area (Å²) in [6, 6.07) is 11.9. The van der Waals surface area contributed by atoms with E-state index in [0.717, 1.165) is 48.1 Å². The maximum absolute atomic E-state index is 10.4. The maximum Gasteiger partial charge on any atom is 0.303 e. The third-order valence-electron chi connectivity index (χ3n) is 4.78.